The molecule has 104 valence electrons. The molecule has 2 aromatic rings. The van der Waals surface area contributed by atoms with Crippen molar-refractivity contribution >= 4 is 11.6 Å². The largest absolute Gasteiger partial charge is 0.389 e. The van der Waals surface area contributed by atoms with Gasteiger partial charge in [-0.2, -0.15) is 0 Å². The first-order valence-electron chi connectivity index (χ1n) is 6.69. The van der Waals surface area contributed by atoms with Crippen LogP contribution >= 0.6 is 0 Å². The molecule has 1 unspecified atom stereocenters. The molecule has 2 aromatic carbocycles. The Kier molecular flexibility index (Phi) is 4.53. The lowest BCUT2D eigenvalue weighted by Gasteiger charge is -2.13. The second kappa shape index (κ2) is 6.35. The van der Waals surface area contributed by atoms with Crippen LogP contribution < -0.4 is 5.32 Å². The van der Waals surface area contributed by atoms with Gasteiger partial charge in [-0.25, -0.2) is 0 Å². The summed E-state index contributed by atoms with van der Waals surface area (Å²) in [7, 11) is 0. The quantitative estimate of drug-likeness (QED) is 0.895. The van der Waals surface area contributed by atoms with Gasteiger partial charge >= 0.3 is 0 Å². The molecule has 0 saturated heterocycles. The van der Waals surface area contributed by atoms with Crippen molar-refractivity contribution in [3.8, 4) is 0 Å². The van der Waals surface area contributed by atoms with Crippen LogP contribution in [0.1, 0.15) is 29.7 Å². The van der Waals surface area contributed by atoms with E-state index >= 15 is 0 Å². The van der Waals surface area contributed by atoms with Crippen LogP contribution in [0.5, 0.6) is 0 Å². The smallest absolute Gasteiger partial charge is 0.228 e. The van der Waals surface area contributed by atoms with Crippen LogP contribution in [0.15, 0.2) is 48.5 Å². The molecular formula is C17H19NO2. The Morgan fingerprint density at radius 3 is 2.50 bits per heavy atom. The number of carbonyl (C=O) groups is 1. The molecule has 3 heteroatoms. The fourth-order valence-electron chi connectivity index (χ4n) is 2.15. The zero-order valence-electron chi connectivity index (χ0n) is 11.8. The minimum Gasteiger partial charge on any atom is -0.389 e. The van der Waals surface area contributed by atoms with Crippen molar-refractivity contribution < 1.29 is 9.90 Å². The van der Waals surface area contributed by atoms with Crippen molar-refractivity contribution in [2.75, 3.05) is 5.32 Å². The number of nitrogens with one attached hydrogen (secondary N) is 1. The Balaban J connectivity index is 2.11. The monoisotopic (exact) mass is 269 g/mol. The zero-order valence-corrected chi connectivity index (χ0v) is 11.8. The maximum Gasteiger partial charge on any atom is 0.228 e. The van der Waals surface area contributed by atoms with Gasteiger partial charge in [0.1, 0.15) is 0 Å². The fraction of sp³-hybridized carbons (Fsp3) is 0.235. The molecular weight excluding hydrogens is 250 g/mol. The number of amides is 1. The maximum absolute atomic E-state index is 12.1. The van der Waals surface area contributed by atoms with Crippen molar-refractivity contribution in [2.45, 2.75) is 26.4 Å². The number of anilines is 1. The first-order chi connectivity index (χ1) is 9.58. The third-order valence-electron chi connectivity index (χ3n) is 3.30. The molecule has 0 heterocycles. The molecule has 2 rings (SSSR count). The Morgan fingerprint density at radius 2 is 1.80 bits per heavy atom. The van der Waals surface area contributed by atoms with E-state index in [1.165, 1.54) is 0 Å². The van der Waals surface area contributed by atoms with E-state index < -0.39 is 6.10 Å². The van der Waals surface area contributed by atoms with Gasteiger partial charge in [0.2, 0.25) is 5.91 Å². The van der Waals surface area contributed by atoms with E-state index in [1.807, 2.05) is 49.4 Å². The van der Waals surface area contributed by atoms with Crippen molar-refractivity contribution in [1.82, 2.24) is 0 Å². The summed E-state index contributed by atoms with van der Waals surface area (Å²) in [5, 5.41) is 12.6. The summed E-state index contributed by atoms with van der Waals surface area (Å²) in [4.78, 5) is 12.1. The second-order valence-corrected chi connectivity index (χ2v) is 4.91. The number of hydrogen-bond acceptors (Lipinski definition) is 2. The SMILES string of the molecule is Cc1ccccc1CC(=O)Nc1ccccc1C(C)O. The third-order valence-corrected chi connectivity index (χ3v) is 3.30. The zero-order chi connectivity index (χ0) is 14.5. The first kappa shape index (κ1) is 14.3. The predicted octanol–water partition coefficient (Wildman–Crippen LogP) is 3.23. The van der Waals surface area contributed by atoms with E-state index in [4.69, 9.17) is 0 Å². The number of benzene rings is 2. The van der Waals surface area contributed by atoms with Gasteiger partial charge in [-0.1, -0.05) is 42.5 Å². The predicted molar refractivity (Wildman–Crippen MR) is 80.6 cm³/mol. The molecule has 0 aliphatic carbocycles. The van der Waals surface area contributed by atoms with Crippen LogP contribution in [-0.2, 0) is 11.2 Å². The van der Waals surface area contributed by atoms with Gasteiger partial charge in [0, 0.05) is 11.3 Å². The minimum absolute atomic E-state index is 0.0765. The minimum atomic E-state index is -0.607. The van der Waals surface area contributed by atoms with E-state index in [2.05, 4.69) is 5.32 Å². The molecule has 1 amide bonds. The molecule has 20 heavy (non-hydrogen) atoms. The van der Waals surface area contributed by atoms with Crippen LogP contribution in [-0.4, -0.2) is 11.0 Å². The maximum atomic E-state index is 12.1. The Hall–Kier alpha value is -2.13. The lowest BCUT2D eigenvalue weighted by Crippen LogP contribution is -2.16. The van der Waals surface area contributed by atoms with E-state index in [0.717, 1.165) is 16.7 Å². The fourth-order valence-corrected chi connectivity index (χ4v) is 2.15. The summed E-state index contributed by atoms with van der Waals surface area (Å²) in [5.74, 6) is -0.0765. The molecule has 2 N–H and O–H groups in total. The highest BCUT2D eigenvalue weighted by Crippen LogP contribution is 2.22. The molecule has 0 radical (unpaired) electrons. The normalized spacial score (nSPS) is 11.9. The molecule has 0 spiro atoms. The summed E-state index contributed by atoms with van der Waals surface area (Å²) in [6, 6.07) is 15.1. The molecule has 1 atom stereocenters. The summed E-state index contributed by atoms with van der Waals surface area (Å²) < 4.78 is 0. The number of aryl methyl sites for hydroxylation is 1. The van der Waals surface area contributed by atoms with Crippen LogP contribution in [0.3, 0.4) is 0 Å². The van der Waals surface area contributed by atoms with Gasteiger partial charge < -0.3 is 10.4 Å². The average molecular weight is 269 g/mol. The van der Waals surface area contributed by atoms with Crippen LogP contribution in [0.4, 0.5) is 5.69 Å². The lowest BCUT2D eigenvalue weighted by atomic mass is 10.0. The number of rotatable bonds is 4. The number of hydrogen-bond donors (Lipinski definition) is 2. The van der Waals surface area contributed by atoms with Gasteiger partial charge in [-0.05, 0) is 31.0 Å². The number of aliphatic hydroxyl groups is 1. The number of aliphatic hydroxyl groups excluding tert-OH is 1. The third kappa shape index (κ3) is 3.45. The molecule has 0 fully saturated rings. The van der Waals surface area contributed by atoms with E-state index in [0.29, 0.717) is 12.1 Å². The Bertz CT molecular complexity index is 605. The van der Waals surface area contributed by atoms with Crippen LogP contribution in [0.25, 0.3) is 0 Å². The standard InChI is InChI=1S/C17H19NO2/c1-12-7-3-4-8-14(12)11-17(20)18-16-10-6-5-9-15(16)13(2)19/h3-10,13,19H,11H2,1-2H3,(H,18,20). The summed E-state index contributed by atoms with van der Waals surface area (Å²) >= 11 is 0. The Labute approximate surface area is 119 Å². The molecule has 0 bridgehead atoms. The van der Waals surface area contributed by atoms with Gasteiger partial charge in [0.15, 0.2) is 0 Å². The summed E-state index contributed by atoms with van der Waals surface area (Å²) in [6.45, 7) is 3.68. The average Bonchev–Trinajstić information content (AvgIpc) is 2.41. The number of carbonyl (C=O) groups excluding carboxylic acids is 1. The second-order valence-electron chi connectivity index (χ2n) is 4.91. The summed E-state index contributed by atoms with van der Waals surface area (Å²) in [5.41, 5.74) is 3.51. The molecule has 0 aromatic heterocycles. The number of para-hydroxylation sites is 1. The Morgan fingerprint density at radius 1 is 1.15 bits per heavy atom. The highest BCUT2D eigenvalue weighted by Gasteiger charge is 2.11. The first-order valence-corrected chi connectivity index (χ1v) is 6.69. The van der Waals surface area contributed by atoms with Crippen molar-refractivity contribution in [3.05, 3.63) is 65.2 Å². The molecule has 0 saturated carbocycles. The van der Waals surface area contributed by atoms with Crippen LogP contribution in [0.2, 0.25) is 0 Å². The topological polar surface area (TPSA) is 49.3 Å². The van der Waals surface area contributed by atoms with Crippen molar-refractivity contribution in [1.29, 1.82) is 0 Å². The highest BCUT2D eigenvalue weighted by molar-refractivity contribution is 5.93. The lowest BCUT2D eigenvalue weighted by molar-refractivity contribution is -0.115. The molecule has 0 aliphatic heterocycles. The van der Waals surface area contributed by atoms with Crippen molar-refractivity contribution in [2.24, 2.45) is 0 Å². The van der Waals surface area contributed by atoms with E-state index in [-0.39, 0.29) is 5.91 Å². The molecule has 0 aliphatic rings. The van der Waals surface area contributed by atoms with Crippen LogP contribution in [0, 0.1) is 6.92 Å². The van der Waals surface area contributed by atoms with Gasteiger partial charge in [-0.3, -0.25) is 4.79 Å². The molecule has 3 nitrogen and oxygen atoms in total. The van der Waals surface area contributed by atoms with Gasteiger partial charge in [0.25, 0.3) is 0 Å². The van der Waals surface area contributed by atoms with E-state index in [9.17, 15) is 9.90 Å². The summed E-state index contributed by atoms with van der Waals surface area (Å²) in [6.07, 6.45) is -0.272. The van der Waals surface area contributed by atoms with Gasteiger partial charge in [-0.15, -0.1) is 0 Å². The highest BCUT2D eigenvalue weighted by atomic mass is 16.3. The van der Waals surface area contributed by atoms with Crippen molar-refractivity contribution in [3.63, 3.8) is 0 Å². The van der Waals surface area contributed by atoms with E-state index in [1.54, 1.807) is 13.0 Å². The van der Waals surface area contributed by atoms with Gasteiger partial charge in [0.05, 0.1) is 12.5 Å².